The smallest absolute Gasteiger partial charge is 0.312 e. The first-order valence-electron chi connectivity index (χ1n) is 8.43. The first kappa shape index (κ1) is 17.1. The van der Waals surface area contributed by atoms with Crippen LogP contribution in [0.3, 0.4) is 0 Å². The van der Waals surface area contributed by atoms with E-state index in [-0.39, 0.29) is 42.4 Å². The van der Waals surface area contributed by atoms with Gasteiger partial charge in [-0.1, -0.05) is 12.8 Å². The minimum absolute atomic E-state index is 0.0445. The third kappa shape index (κ3) is 3.55. The average Bonchev–Trinajstić information content (AvgIpc) is 2.85. The number of hydrogen-bond acceptors (Lipinski definition) is 5. The predicted octanol–water partition coefficient (Wildman–Crippen LogP) is 1.26. The van der Waals surface area contributed by atoms with Gasteiger partial charge in [0, 0.05) is 12.1 Å². The molecule has 1 saturated heterocycles. The van der Waals surface area contributed by atoms with Gasteiger partial charge in [-0.05, 0) is 37.1 Å². The van der Waals surface area contributed by atoms with Crippen LogP contribution in [0.5, 0.6) is 5.75 Å². The number of benzene rings is 1. The fourth-order valence-corrected chi connectivity index (χ4v) is 3.52. The van der Waals surface area contributed by atoms with Crippen LogP contribution in [0.15, 0.2) is 24.3 Å². The number of carbonyl (C=O) groups is 4. The number of amides is 3. The van der Waals surface area contributed by atoms with E-state index in [1.165, 1.54) is 29.2 Å². The van der Waals surface area contributed by atoms with Crippen LogP contribution in [0, 0.1) is 11.8 Å². The number of primary amides is 1. The number of nitrogens with two attached hydrogens (primary N) is 1. The summed E-state index contributed by atoms with van der Waals surface area (Å²) >= 11 is 0. The number of nitrogens with zero attached hydrogens (tertiary/aromatic N) is 1. The molecule has 2 N–H and O–H groups in total. The second kappa shape index (κ2) is 7.04. The van der Waals surface area contributed by atoms with Gasteiger partial charge in [0.1, 0.15) is 5.75 Å². The lowest BCUT2D eigenvalue weighted by atomic mass is 9.81. The van der Waals surface area contributed by atoms with Crippen molar-refractivity contribution in [2.45, 2.75) is 32.1 Å². The maximum Gasteiger partial charge on any atom is 0.312 e. The molecule has 2 aliphatic rings. The molecular formula is C18H20N2O5. The van der Waals surface area contributed by atoms with Crippen LogP contribution in [0.4, 0.5) is 0 Å². The molecule has 1 aliphatic heterocycles. The Kier molecular flexibility index (Phi) is 4.83. The topological polar surface area (TPSA) is 107 Å². The Labute approximate surface area is 145 Å². The summed E-state index contributed by atoms with van der Waals surface area (Å²) in [7, 11) is 0. The van der Waals surface area contributed by atoms with Crippen molar-refractivity contribution in [2.24, 2.45) is 17.6 Å². The van der Waals surface area contributed by atoms with Crippen LogP contribution in [0.1, 0.15) is 42.5 Å². The number of esters is 1. The number of likely N-dealkylation sites (tertiary alicyclic amines) is 1. The molecule has 0 bridgehead atoms. The van der Waals surface area contributed by atoms with E-state index in [2.05, 4.69) is 0 Å². The van der Waals surface area contributed by atoms with E-state index in [1.807, 2.05) is 0 Å². The molecule has 1 saturated carbocycles. The average molecular weight is 344 g/mol. The highest BCUT2D eigenvalue weighted by atomic mass is 16.5. The summed E-state index contributed by atoms with van der Waals surface area (Å²) in [5, 5.41) is 0. The predicted molar refractivity (Wildman–Crippen MR) is 87.4 cm³/mol. The molecule has 0 aromatic heterocycles. The van der Waals surface area contributed by atoms with Crippen LogP contribution in [-0.4, -0.2) is 35.1 Å². The Morgan fingerprint density at radius 3 is 2.12 bits per heavy atom. The summed E-state index contributed by atoms with van der Waals surface area (Å²) < 4.78 is 5.16. The molecule has 2 fully saturated rings. The molecule has 1 heterocycles. The third-order valence-electron chi connectivity index (χ3n) is 4.84. The van der Waals surface area contributed by atoms with Crippen molar-refractivity contribution in [3.05, 3.63) is 29.8 Å². The standard InChI is InChI=1S/C18H20N2O5/c19-16(22)11-5-7-12(8-6-11)25-15(21)9-10-20-17(23)13-3-1-2-4-14(13)18(20)24/h5-8,13-14H,1-4,9-10H2,(H2,19,22)/t13-,14-/m1/s1. The largest absolute Gasteiger partial charge is 0.426 e. The summed E-state index contributed by atoms with van der Waals surface area (Å²) in [6, 6.07) is 5.86. The summed E-state index contributed by atoms with van der Waals surface area (Å²) in [6.45, 7) is 0.0445. The Morgan fingerprint density at radius 2 is 1.60 bits per heavy atom. The van der Waals surface area contributed by atoms with Gasteiger partial charge in [0.2, 0.25) is 17.7 Å². The van der Waals surface area contributed by atoms with Gasteiger partial charge in [-0.15, -0.1) is 0 Å². The summed E-state index contributed by atoms with van der Waals surface area (Å²) in [6.07, 6.45) is 3.38. The van der Waals surface area contributed by atoms with Crippen molar-refractivity contribution >= 4 is 23.7 Å². The molecule has 3 amide bonds. The van der Waals surface area contributed by atoms with Gasteiger partial charge in [0.15, 0.2) is 0 Å². The Bertz CT molecular complexity index is 689. The number of rotatable bonds is 5. The van der Waals surface area contributed by atoms with Gasteiger partial charge in [0.05, 0.1) is 18.3 Å². The van der Waals surface area contributed by atoms with Crippen LogP contribution in [0.2, 0.25) is 0 Å². The zero-order chi connectivity index (χ0) is 18.0. The van der Waals surface area contributed by atoms with Gasteiger partial charge in [-0.25, -0.2) is 0 Å². The molecule has 0 unspecified atom stereocenters. The molecule has 1 aliphatic carbocycles. The third-order valence-corrected chi connectivity index (χ3v) is 4.84. The highest BCUT2D eigenvalue weighted by Crippen LogP contribution is 2.37. The Hall–Kier alpha value is -2.70. The second-order valence-electron chi connectivity index (χ2n) is 6.44. The first-order valence-corrected chi connectivity index (χ1v) is 8.43. The molecule has 1 aromatic rings. The molecule has 7 heteroatoms. The second-order valence-corrected chi connectivity index (χ2v) is 6.44. The molecule has 25 heavy (non-hydrogen) atoms. The number of hydrogen-bond donors (Lipinski definition) is 1. The lowest BCUT2D eigenvalue weighted by Gasteiger charge is -2.19. The minimum Gasteiger partial charge on any atom is -0.426 e. The van der Waals surface area contributed by atoms with Crippen LogP contribution >= 0.6 is 0 Å². The highest BCUT2D eigenvalue weighted by Gasteiger charge is 2.47. The number of carbonyl (C=O) groups excluding carboxylic acids is 4. The van der Waals surface area contributed by atoms with Gasteiger partial charge < -0.3 is 10.5 Å². The van der Waals surface area contributed by atoms with Crippen molar-refractivity contribution in [1.82, 2.24) is 4.90 Å². The van der Waals surface area contributed by atoms with Crippen molar-refractivity contribution in [3.63, 3.8) is 0 Å². The van der Waals surface area contributed by atoms with E-state index < -0.39 is 11.9 Å². The number of imide groups is 1. The van der Waals surface area contributed by atoms with Gasteiger partial charge in [0.25, 0.3) is 0 Å². The fourth-order valence-electron chi connectivity index (χ4n) is 3.52. The molecule has 7 nitrogen and oxygen atoms in total. The SMILES string of the molecule is NC(=O)c1ccc(OC(=O)CCN2C(=O)[C@@H]3CCCC[C@H]3C2=O)cc1. The van der Waals surface area contributed by atoms with E-state index in [4.69, 9.17) is 10.5 Å². The Morgan fingerprint density at radius 1 is 1.04 bits per heavy atom. The van der Waals surface area contributed by atoms with E-state index in [1.54, 1.807) is 0 Å². The molecule has 0 spiro atoms. The molecular weight excluding hydrogens is 324 g/mol. The van der Waals surface area contributed by atoms with E-state index in [0.29, 0.717) is 5.56 Å². The number of fused-ring (bicyclic) bond motifs is 1. The highest BCUT2D eigenvalue weighted by molar-refractivity contribution is 6.05. The first-order chi connectivity index (χ1) is 12.0. The molecule has 1 aromatic carbocycles. The van der Waals surface area contributed by atoms with Gasteiger partial charge >= 0.3 is 5.97 Å². The quantitative estimate of drug-likeness (QED) is 0.491. The fraction of sp³-hybridized carbons (Fsp3) is 0.444. The molecule has 132 valence electrons. The van der Waals surface area contributed by atoms with Gasteiger partial charge in [-0.3, -0.25) is 24.1 Å². The number of ether oxygens (including phenoxy) is 1. The molecule has 3 rings (SSSR count). The summed E-state index contributed by atoms with van der Waals surface area (Å²) in [5.74, 6) is -1.56. The normalized spacial score (nSPS) is 22.6. The monoisotopic (exact) mass is 344 g/mol. The van der Waals surface area contributed by atoms with E-state index in [9.17, 15) is 19.2 Å². The zero-order valence-corrected chi connectivity index (χ0v) is 13.8. The van der Waals surface area contributed by atoms with Crippen molar-refractivity contribution in [2.75, 3.05) is 6.54 Å². The molecule has 0 radical (unpaired) electrons. The van der Waals surface area contributed by atoms with E-state index >= 15 is 0 Å². The zero-order valence-electron chi connectivity index (χ0n) is 13.8. The van der Waals surface area contributed by atoms with Crippen LogP contribution in [-0.2, 0) is 14.4 Å². The van der Waals surface area contributed by atoms with Crippen molar-refractivity contribution in [1.29, 1.82) is 0 Å². The lowest BCUT2D eigenvalue weighted by Crippen LogP contribution is -2.33. The summed E-state index contributed by atoms with van der Waals surface area (Å²) in [4.78, 5) is 48.8. The minimum atomic E-state index is -0.564. The lowest BCUT2D eigenvalue weighted by molar-refractivity contribution is -0.141. The van der Waals surface area contributed by atoms with Crippen LogP contribution < -0.4 is 10.5 Å². The van der Waals surface area contributed by atoms with Crippen LogP contribution in [0.25, 0.3) is 0 Å². The molecule has 2 atom stereocenters. The Balaban J connectivity index is 1.54. The maximum atomic E-state index is 12.3. The van der Waals surface area contributed by atoms with Crippen molar-refractivity contribution in [3.8, 4) is 5.75 Å². The maximum absolute atomic E-state index is 12.3. The van der Waals surface area contributed by atoms with Gasteiger partial charge in [-0.2, -0.15) is 0 Å². The van der Waals surface area contributed by atoms with Crippen molar-refractivity contribution < 1.29 is 23.9 Å². The summed E-state index contributed by atoms with van der Waals surface area (Å²) in [5.41, 5.74) is 5.46. The van der Waals surface area contributed by atoms with E-state index in [0.717, 1.165) is 25.7 Å².